The van der Waals surface area contributed by atoms with Gasteiger partial charge in [0.2, 0.25) is 11.1 Å². The van der Waals surface area contributed by atoms with E-state index in [0.717, 1.165) is 35.8 Å². The van der Waals surface area contributed by atoms with Gasteiger partial charge in [0.05, 0.1) is 18.6 Å². The van der Waals surface area contributed by atoms with Gasteiger partial charge in [-0.3, -0.25) is 4.79 Å². The van der Waals surface area contributed by atoms with Crippen molar-refractivity contribution >= 4 is 23.4 Å². The van der Waals surface area contributed by atoms with Crippen LogP contribution in [0.3, 0.4) is 0 Å². The van der Waals surface area contributed by atoms with Gasteiger partial charge in [0.25, 0.3) is 0 Å². The highest BCUT2D eigenvalue weighted by atomic mass is 32.2. The average molecular weight is 380 g/mol. The minimum Gasteiger partial charge on any atom is -0.497 e. The molecular weight excluding hydrogens is 360 g/mol. The number of hydrogen-bond donors (Lipinski definition) is 1. The molecule has 0 spiro atoms. The summed E-state index contributed by atoms with van der Waals surface area (Å²) in [5.74, 6) is 2.38. The number of anilines is 1. The number of thioether (sulfide) groups is 1. The predicted molar refractivity (Wildman–Crippen MR) is 106 cm³/mol. The van der Waals surface area contributed by atoms with Gasteiger partial charge in [0.1, 0.15) is 11.6 Å². The summed E-state index contributed by atoms with van der Waals surface area (Å²) in [5, 5.41) is 8.12. The summed E-state index contributed by atoms with van der Waals surface area (Å²) in [7, 11) is 1.61. The van der Waals surface area contributed by atoms with Crippen molar-refractivity contribution in [3.8, 4) is 11.4 Å². The third-order valence-electron chi connectivity index (χ3n) is 4.26. The average Bonchev–Trinajstić information content (AvgIpc) is 3.47. The normalized spacial score (nSPS) is 13.4. The summed E-state index contributed by atoms with van der Waals surface area (Å²) in [6.07, 6.45) is 2.29. The first-order valence-electron chi connectivity index (χ1n) is 8.82. The Bertz CT molecular complexity index is 921. The lowest BCUT2D eigenvalue weighted by molar-refractivity contribution is -0.113. The van der Waals surface area contributed by atoms with Crippen molar-refractivity contribution in [2.75, 3.05) is 18.2 Å². The number of carbonyl (C=O) groups excluding carboxylic acids is 1. The molecule has 6 nitrogen and oxygen atoms in total. The molecular formula is C20H20N4O2S. The Labute approximate surface area is 162 Å². The summed E-state index contributed by atoms with van der Waals surface area (Å²) in [6.45, 7) is 0. The summed E-state index contributed by atoms with van der Waals surface area (Å²) >= 11 is 1.35. The van der Waals surface area contributed by atoms with E-state index < -0.39 is 0 Å². The molecule has 0 atom stereocenters. The van der Waals surface area contributed by atoms with Crippen LogP contribution in [0.4, 0.5) is 5.69 Å². The second-order valence-corrected chi connectivity index (χ2v) is 7.28. The highest BCUT2D eigenvalue weighted by molar-refractivity contribution is 7.99. The zero-order chi connectivity index (χ0) is 18.6. The van der Waals surface area contributed by atoms with Gasteiger partial charge in [0, 0.05) is 11.6 Å². The van der Waals surface area contributed by atoms with Gasteiger partial charge >= 0.3 is 0 Å². The molecule has 0 saturated heterocycles. The number of nitrogens with one attached hydrogen (secondary N) is 1. The molecule has 3 aromatic rings. The SMILES string of the molecule is COc1ccc(NC(=O)CSc2nc(C3CC3)n(-c3ccccc3)n2)cc1. The maximum Gasteiger partial charge on any atom is 0.234 e. The van der Waals surface area contributed by atoms with Crippen molar-refractivity contribution in [2.24, 2.45) is 0 Å². The van der Waals surface area contributed by atoms with Gasteiger partial charge in [-0.25, -0.2) is 9.67 Å². The Morgan fingerprint density at radius 1 is 1.19 bits per heavy atom. The highest BCUT2D eigenvalue weighted by Crippen LogP contribution is 2.40. The van der Waals surface area contributed by atoms with E-state index in [4.69, 9.17) is 4.74 Å². The number of aromatic nitrogens is 3. The quantitative estimate of drug-likeness (QED) is 0.630. The van der Waals surface area contributed by atoms with Gasteiger partial charge in [-0.15, -0.1) is 5.10 Å². The summed E-state index contributed by atoms with van der Waals surface area (Å²) in [4.78, 5) is 16.9. The lowest BCUT2D eigenvalue weighted by atomic mass is 10.3. The first kappa shape index (κ1) is 17.6. The number of methoxy groups -OCH3 is 1. The van der Waals surface area contributed by atoms with Gasteiger partial charge < -0.3 is 10.1 Å². The fourth-order valence-electron chi connectivity index (χ4n) is 2.73. The van der Waals surface area contributed by atoms with E-state index in [9.17, 15) is 4.79 Å². The molecule has 0 unspecified atom stereocenters. The smallest absolute Gasteiger partial charge is 0.234 e. The third-order valence-corrected chi connectivity index (χ3v) is 5.10. The number of hydrogen-bond acceptors (Lipinski definition) is 5. The fraction of sp³-hybridized carbons (Fsp3) is 0.250. The second kappa shape index (κ2) is 7.84. The maximum absolute atomic E-state index is 12.2. The largest absolute Gasteiger partial charge is 0.497 e. The van der Waals surface area contributed by atoms with E-state index in [1.54, 1.807) is 7.11 Å². The maximum atomic E-state index is 12.2. The van der Waals surface area contributed by atoms with E-state index in [1.165, 1.54) is 11.8 Å². The molecule has 1 saturated carbocycles. The minimum absolute atomic E-state index is 0.0887. The van der Waals surface area contributed by atoms with E-state index in [2.05, 4.69) is 15.4 Å². The summed E-state index contributed by atoms with van der Waals surface area (Å²) in [6, 6.07) is 17.3. The van der Waals surface area contributed by atoms with Crippen LogP contribution in [0.25, 0.3) is 5.69 Å². The second-order valence-electron chi connectivity index (χ2n) is 6.34. The predicted octanol–water partition coefficient (Wildman–Crippen LogP) is 3.88. The van der Waals surface area contributed by atoms with Crippen LogP contribution in [0.1, 0.15) is 24.6 Å². The zero-order valence-corrected chi connectivity index (χ0v) is 15.8. The molecule has 4 rings (SSSR count). The van der Waals surface area contributed by atoms with Crippen molar-refractivity contribution in [3.05, 3.63) is 60.4 Å². The molecule has 7 heteroatoms. The number of ether oxygens (including phenoxy) is 1. The Morgan fingerprint density at radius 3 is 2.59 bits per heavy atom. The molecule has 0 radical (unpaired) electrons. The van der Waals surface area contributed by atoms with Crippen LogP contribution in [0, 0.1) is 0 Å². The summed E-state index contributed by atoms with van der Waals surface area (Å²) < 4.78 is 7.02. The minimum atomic E-state index is -0.0887. The van der Waals surface area contributed by atoms with Gasteiger partial charge in [-0.05, 0) is 49.2 Å². The monoisotopic (exact) mass is 380 g/mol. The fourth-order valence-corrected chi connectivity index (χ4v) is 3.36. The van der Waals surface area contributed by atoms with Gasteiger partial charge in [-0.2, -0.15) is 0 Å². The Balaban J connectivity index is 1.41. The highest BCUT2D eigenvalue weighted by Gasteiger charge is 2.30. The molecule has 1 fully saturated rings. The van der Waals surface area contributed by atoms with Crippen LogP contribution in [-0.4, -0.2) is 33.5 Å². The molecule has 1 aliphatic rings. The number of nitrogens with zero attached hydrogens (tertiary/aromatic N) is 3. The molecule has 1 heterocycles. The van der Waals surface area contributed by atoms with Gasteiger partial charge in [-0.1, -0.05) is 30.0 Å². The molecule has 1 amide bonds. The molecule has 27 heavy (non-hydrogen) atoms. The Hall–Kier alpha value is -2.80. The molecule has 1 aromatic heterocycles. The third kappa shape index (κ3) is 4.31. The standard InChI is InChI=1S/C20H20N4O2S/c1-26-17-11-9-15(10-12-17)21-18(25)13-27-20-22-19(14-7-8-14)24(23-20)16-5-3-2-4-6-16/h2-6,9-12,14H,7-8,13H2,1H3,(H,21,25). The lowest BCUT2D eigenvalue weighted by Gasteiger charge is -2.05. The van der Waals surface area contributed by atoms with Crippen molar-refractivity contribution in [1.82, 2.24) is 14.8 Å². The first-order valence-corrected chi connectivity index (χ1v) is 9.80. The Kier molecular flexibility index (Phi) is 5.11. The van der Waals surface area contributed by atoms with Crippen LogP contribution in [0.2, 0.25) is 0 Å². The van der Waals surface area contributed by atoms with Crippen LogP contribution in [0.15, 0.2) is 59.8 Å². The first-order chi connectivity index (χ1) is 13.2. The van der Waals surface area contributed by atoms with Crippen molar-refractivity contribution < 1.29 is 9.53 Å². The molecule has 0 bridgehead atoms. The van der Waals surface area contributed by atoms with Crippen LogP contribution < -0.4 is 10.1 Å². The molecule has 1 aliphatic carbocycles. The lowest BCUT2D eigenvalue weighted by Crippen LogP contribution is -2.14. The summed E-state index contributed by atoms with van der Waals surface area (Å²) in [5.41, 5.74) is 1.74. The zero-order valence-electron chi connectivity index (χ0n) is 15.0. The van der Waals surface area contributed by atoms with E-state index in [0.29, 0.717) is 11.1 Å². The number of benzene rings is 2. The number of rotatable bonds is 7. The Morgan fingerprint density at radius 2 is 1.93 bits per heavy atom. The topological polar surface area (TPSA) is 69.0 Å². The van der Waals surface area contributed by atoms with E-state index in [-0.39, 0.29) is 11.7 Å². The molecule has 2 aromatic carbocycles. The van der Waals surface area contributed by atoms with Gasteiger partial charge in [0.15, 0.2) is 0 Å². The molecule has 1 N–H and O–H groups in total. The van der Waals surface area contributed by atoms with Crippen molar-refractivity contribution in [2.45, 2.75) is 23.9 Å². The van der Waals surface area contributed by atoms with Crippen molar-refractivity contribution in [1.29, 1.82) is 0 Å². The molecule has 0 aliphatic heterocycles. The van der Waals surface area contributed by atoms with E-state index >= 15 is 0 Å². The van der Waals surface area contributed by atoms with Crippen LogP contribution in [0.5, 0.6) is 5.75 Å². The van der Waals surface area contributed by atoms with Crippen LogP contribution in [-0.2, 0) is 4.79 Å². The molecule has 138 valence electrons. The van der Waals surface area contributed by atoms with Crippen molar-refractivity contribution in [3.63, 3.8) is 0 Å². The van der Waals surface area contributed by atoms with E-state index in [1.807, 2.05) is 59.3 Å². The number of carbonyl (C=O) groups is 1. The number of amides is 1. The van der Waals surface area contributed by atoms with Crippen LogP contribution >= 0.6 is 11.8 Å². The number of para-hydroxylation sites is 1.